The molecule has 21 heavy (non-hydrogen) atoms. The maximum absolute atomic E-state index is 13.2. The Kier molecular flexibility index (Phi) is 4.85. The summed E-state index contributed by atoms with van der Waals surface area (Å²) in [4.78, 5) is 22.2. The molecule has 1 saturated carbocycles. The van der Waals surface area contributed by atoms with Gasteiger partial charge in [-0.3, -0.25) is 10.1 Å². The predicted octanol–water partition coefficient (Wildman–Crippen LogP) is 2.85. The van der Waals surface area contributed by atoms with Gasteiger partial charge in [0.25, 0.3) is 5.69 Å². The Balaban J connectivity index is 2.13. The van der Waals surface area contributed by atoms with Crippen molar-refractivity contribution in [2.45, 2.75) is 37.9 Å². The highest BCUT2D eigenvalue weighted by molar-refractivity contribution is 5.94. The molecule has 0 saturated heterocycles. The Bertz CT molecular complexity index is 548. The summed E-state index contributed by atoms with van der Waals surface area (Å²) in [6.07, 6.45) is 2.62. The van der Waals surface area contributed by atoms with Gasteiger partial charge in [-0.15, -0.1) is 0 Å². The van der Waals surface area contributed by atoms with E-state index in [1.165, 1.54) is 0 Å². The van der Waals surface area contributed by atoms with E-state index in [0.29, 0.717) is 12.8 Å². The van der Waals surface area contributed by atoms with Gasteiger partial charge in [0, 0.05) is 19.6 Å². The Morgan fingerprint density at radius 3 is 2.76 bits per heavy atom. The molecule has 2 rings (SSSR count). The molecule has 0 bridgehead atoms. The lowest BCUT2D eigenvalue weighted by molar-refractivity contribution is -0.385. The maximum atomic E-state index is 13.2. The molecule has 0 N–H and O–H groups in total. The van der Waals surface area contributed by atoms with Gasteiger partial charge in [-0.05, 0) is 31.4 Å². The number of halogens is 1. The Morgan fingerprint density at radius 2 is 2.10 bits per heavy atom. The lowest BCUT2D eigenvalue weighted by Crippen LogP contribution is -2.29. The van der Waals surface area contributed by atoms with E-state index in [4.69, 9.17) is 9.47 Å². The van der Waals surface area contributed by atoms with Gasteiger partial charge in [0.1, 0.15) is 17.5 Å². The quantitative estimate of drug-likeness (QED) is 0.485. The zero-order valence-electron chi connectivity index (χ0n) is 11.6. The van der Waals surface area contributed by atoms with E-state index >= 15 is 0 Å². The zero-order chi connectivity index (χ0) is 15.4. The summed E-state index contributed by atoms with van der Waals surface area (Å²) in [7, 11) is 1.59. The van der Waals surface area contributed by atoms with Crippen molar-refractivity contribution < 1.29 is 23.6 Å². The highest BCUT2D eigenvalue weighted by Crippen LogP contribution is 2.26. The number of methoxy groups -OCH3 is 1. The first-order valence-electron chi connectivity index (χ1n) is 6.69. The van der Waals surface area contributed by atoms with Gasteiger partial charge in [0.2, 0.25) is 0 Å². The molecule has 2 atom stereocenters. The van der Waals surface area contributed by atoms with Crippen molar-refractivity contribution in [3.8, 4) is 0 Å². The largest absolute Gasteiger partial charge is 0.458 e. The van der Waals surface area contributed by atoms with Gasteiger partial charge in [0.15, 0.2) is 0 Å². The standard InChI is InChI=1S/C14H16FNO5/c1-20-10-3-2-4-11(8-10)21-14(17)12-7-9(15)5-6-13(12)16(18)19/h5-7,10-11H,2-4,8H2,1H3. The van der Waals surface area contributed by atoms with E-state index in [9.17, 15) is 19.3 Å². The molecular weight excluding hydrogens is 281 g/mol. The fourth-order valence-electron chi connectivity index (χ4n) is 2.47. The first kappa shape index (κ1) is 15.4. The number of carbonyl (C=O) groups is 1. The lowest BCUT2D eigenvalue weighted by atomic mass is 9.95. The number of esters is 1. The number of nitro groups is 1. The minimum atomic E-state index is -0.872. The number of nitrogens with zero attached hydrogens (tertiary/aromatic N) is 1. The molecule has 0 amide bonds. The summed E-state index contributed by atoms with van der Waals surface area (Å²) >= 11 is 0. The molecule has 0 aliphatic heterocycles. The number of benzene rings is 1. The molecule has 0 radical (unpaired) electrons. The first-order chi connectivity index (χ1) is 10.0. The molecule has 1 fully saturated rings. The third-order valence-corrected chi connectivity index (χ3v) is 3.56. The molecule has 0 aromatic heterocycles. The van der Waals surface area contributed by atoms with Crippen LogP contribution in [0.2, 0.25) is 0 Å². The van der Waals surface area contributed by atoms with Crippen LogP contribution in [0.25, 0.3) is 0 Å². The second-order valence-electron chi connectivity index (χ2n) is 4.97. The average molecular weight is 297 g/mol. The summed E-state index contributed by atoms with van der Waals surface area (Å²) in [6, 6.07) is 2.73. The van der Waals surface area contributed by atoms with Crippen molar-refractivity contribution in [1.82, 2.24) is 0 Å². The van der Waals surface area contributed by atoms with Crippen molar-refractivity contribution in [2.24, 2.45) is 0 Å². The molecule has 2 unspecified atom stereocenters. The number of ether oxygens (including phenoxy) is 2. The number of carbonyl (C=O) groups excluding carboxylic acids is 1. The van der Waals surface area contributed by atoms with Gasteiger partial charge < -0.3 is 9.47 Å². The van der Waals surface area contributed by atoms with Crippen LogP contribution in [0.15, 0.2) is 18.2 Å². The van der Waals surface area contributed by atoms with E-state index < -0.39 is 22.4 Å². The molecule has 0 spiro atoms. The molecule has 7 heteroatoms. The summed E-state index contributed by atoms with van der Waals surface area (Å²) in [5.74, 6) is -1.59. The highest BCUT2D eigenvalue weighted by Gasteiger charge is 2.28. The third kappa shape index (κ3) is 3.75. The highest BCUT2D eigenvalue weighted by atomic mass is 19.1. The molecule has 1 aliphatic rings. The van der Waals surface area contributed by atoms with Crippen LogP contribution in [0.4, 0.5) is 10.1 Å². The van der Waals surface area contributed by atoms with Crippen molar-refractivity contribution in [2.75, 3.05) is 7.11 Å². The monoisotopic (exact) mass is 297 g/mol. The van der Waals surface area contributed by atoms with Crippen LogP contribution < -0.4 is 0 Å². The smallest absolute Gasteiger partial charge is 0.345 e. The molecule has 1 aliphatic carbocycles. The van der Waals surface area contributed by atoms with Crippen LogP contribution in [-0.4, -0.2) is 30.2 Å². The fourth-order valence-corrected chi connectivity index (χ4v) is 2.47. The van der Waals surface area contributed by atoms with Crippen molar-refractivity contribution in [3.63, 3.8) is 0 Å². The SMILES string of the molecule is COC1CCCC(OC(=O)c2cc(F)ccc2[N+](=O)[O-])C1. The minimum Gasteiger partial charge on any atom is -0.458 e. The molecule has 6 nitrogen and oxygen atoms in total. The van der Waals surface area contributed by atoms with Crippen molar-refractivity contribution >= 4 is 11.7 Å². The van der Waals surface area contributed by atoms with Gasteiger partial charge in [0.05, 0.1) is 11.0 Å². The lowest BCUT2D eigenvalue weighted by Gasteiger charge is -2.27. The number of nitro benzene ring substituents is 1. The second-order valence-corrected chi connectivity index (χ2v) is 4.97. The Hall–Kier alpha value is -2.02. The molecule has 0 heterocycles. The third-order valence-electron chi connectivity index (χ3n) is 3.56. The molecular formula is C14H16FNO5. The van der Waals surface area contributed by atoms with Gasteiger partial charge in [-0.1, -0.05) is 0 Å². The summed E-state index contributed by atoms with van der Waals surface area (Å²) in [5.41, 5.74) is -0.819. The van der Waals surface area contributed by atoms with E-state index in [1.54, 1.807) is 7.11 Å². The maximum Gasteiger partial charge on any atom is 0.345 e. The minimum absolute atomic E-state index is 0.0130. The summed E-state index contributed by atoms with van der Waals surface area (Å²) in [6.45, 7) is 0. The molecule has 1 aromatic carbocycles. The second kappa shape index (κ2) is 6.62. The summed E-state index contributed by atoms with van der Waals surface area (Å²) < 4.78 is 23.7. The van der Waals surface area contributed by atoms with E-state index in [2.05, 4.69) is 0 Å². The van der Waals surface area contributed by atoms with Crippen LogP contribution in [0.3, 0.4) is 0 Å². The Morgan fingerprint density at radius 1 is 1.38 bits per heavy atom. The van der Waals surface area contributed by atoms with E-state index in [-0.39, 0.29) is 17.8 Å². The first-order valence-corrected chi connectivity index (χ1v) is 6.69. The van der Waals surface area contributed by atoms with Crippen LogP contribution >= 0.6 is 0 Å². The average Bonchev–Trinajstić information content (AvgIpc) is 2.47. The van der Waals surface area contributed by atoms with Gasteiger partial charge in [-0.25, -0.2) is 9.18 Å². The molecule has 114 valence electrons. The van der Waals surface area contributed by atoms with Crippen LogP contribution in [0.5, 0.6) is 0 Å². The van der Waals surface area contributed by atoms with Crippen molar-refractivity contribution in [3.05, 3.63) is 39.7 Å². The summed E-state index contributed by atoms with van der Waals surface area (Å²) in [5, 5.41) is 10.9. The van der Waals surface area contributed by atoms with Crippen LogP contribution in [0.1, 0.15) is 36.0 Å². The number of hydrogen-bond acceptors (Lipinski definition) is 5. The van der Waals surface area contributed by atoms with Crippen molar-refractivity contribution in [1.29, 1.82) is 0 Å². The predicted molar refractivity (Wildman–Crippen MR) is 71.5 cm³/mol. The zero-order valence-corrected chi connectivity index (χ0v) is 11.6. The fraction of sp³-hybridized carbons (Fsp3) is 0.500. The van der Waals surface area contributed by atoms with E-state index in [1.807, 2.05) is 0 Å². The molecule has 1 aromatic rings. The van der Waals surface area contributed by atoms with Crippen LogP contribution in [0, 0.1) is 15.9 Å². The topological polar surface area (TPSA) is 78.7 Å². The van der Waals surface area contributed by atoms with Gasteiger partial charge in [-0.2, -0.15) is 0 Å². The van der Waals surface area contributed by atoms with E-state index in [0.717, 1.165) is 31.0 Å². The normalized spacial score (nSPS) is 21.8. The van der Waals surface area contributed by atoms with Crippen LogP contribution in [-0.2, 0) is 9.47 Å². The van der Waals surface area contributed by atoms with Gasteiger partial charge >= 0.3 is 5.97 Å². The number of hydrogen-bond donors (Lipinski definition) is 0. The number of rotatable bonds is 4. The Labute approximate surface area is 121 Å².